The van der Waals surface area contributed by atoms with Crippen molar-refractivity contribution in [2.24, 2.45) is 0 Å². The van der Waals surface area contributed by atoms with Gasteiger partial charge in [-0.1, -0.05) is 6.42 Å². The predicted molar refractivity (Wildman–Crippen MR) is 78.6 cm³/mol. The number of ether oxygens (including phenoxy) is 2. The summed E-state index contributed by atoms with van der Waals surface area (Å²) >= 11 is 0. The molecule has 7 nitrogen and oxygen atoms in total. The molecule has 116 valence electrons. The number of esters is 1. The van der Waals surface area contributed by atoms with Crippen molar-refractivity contribution in [2.45, 2.75) is 25.7 Å². The molecular formula is C14H20N2O5. The van der Waals surface area contributed by atoms with Crippen molar-refractivity contribution < 1.29 is 19.2 Å². The predicted octanol–water partition coefficient (Wildman–Crippen LogP) is 2.75. The zero-order chi connectivity index (χ0) is 15.7. The van der Waals surface area contributed by atoms with E-state index >= 15 is 0 Å². The number of unbranched alkanes of at least 4 members (excludes halogenated alkanes) is 2. The monoisotopic (exact) mass is 296 g/mol. The molecule has 21 heavy (non-hydrogen) atoms. The molecule has 1 aromatic carbocycles. The fourth-order valence-electron chi connectivity index (χ4n) is 1.84. The normalized spacial score (nSPS) is 10.0. The Bertz CT molecular complexity index is 490. The fourth-order valence-corrected chi connectivity index (χ4v) is 1.84. The smallest absolute Gasteiger partial charge is 0.311 e. The lowest BCUT2D eigenvalue weighted by Gasteiger charge is -2.08. The van der Waals surface area contributed by atoms with Crippen molar-refractivity contribution in [1.82, 2.24) is 0 Å². The first-order valence-electron chi connectivity index (χ1n) is 6.71. The first-order valence-corrected chi connectivity index (χ1v) is 6.71. The van der Waals surface area contributed by atoms with Gasteiger partial charge in [-0.25, -0.2) is 0 Å². The van der Waals surface area contributed by atoms with Crippen molar-refractivity contribution in [3.63, 3.8) is 0 Å². The number of nitrogens with zero attached hydrogens (tertiary/aromatic N) is 1. The second-order valence-electron chi connectivity index (χ2n) is 4.46. The van der Waals surface area contributed by atoms with E-state index in [-0.39, 0.29) is 17.4 Å². The maximum absolute atomic E-state index is 10.9. The molecule has 1 rings (SSSR count). The first kappa shape index (κ1) is 16.7. The van der Waals surface area contributed by atoms with E-state index in [2.05, 4.69) is 10.1 Å². The molecule has 0 amide bonds. The standard InChI is InChI=1S/C14H20N2O5/c1-20-13-10-11(7-8-12(13)16(18)19)15-9-5-3-4-6-14(17)21-2/h7-8,10,15H,3-6,9H2,1-2H3. The van der Waals surface area contributed by atoms with Gasteiger partial charge in [0.25, 0.3) is 0 Å². The molecule has 0 aliphatic heterocycles. The Hall–Kier alpha value is -2.31. The van der Waals surface area contributed by atoms with Crippen LogP contribution in [0.15, 0.2) is 18.2 Å². The highest BCUT2D eigenvalue weighted by Gasteiger charge is 2.14. The van der Waals surface area contributed by atoms with Gasteiger partial charge in [0.05, 0.1) is 19.1 Å². The third kappa shape index (κ3) is 5.68. The van der Waals surface area contributed by atoms with Crippen LogP contribution in [0.4, 0.5) is 11.4 Å². The third-order valence-corrected chi connectivity index (χ3v) is 2.99. The van der Waals surface area contributed by atoms with Gasteiger partial charge >= 0.3 is 11.7 Å². The Kier molecular flexibility index (Phi) is 7.00. The van der Waals surface area contributed by atoms with Crippen molar-refractivity contribution in [1.29, 1.82) is 0 Å². The second kappa shape index (κ2) is 8.78. The molecule has 0 atom stereocenters. The first-order chi connectivity index (χ1) is 10.1. The topological polar surface area (TPSA) is 90.7 Å². The zero-order valence-corrected chi connectivity index (χ0v) is 12.3. The van der Waals surface area contributed by atoms with E-state index < -0.39 is 4.92 Å². The number of carbonyl (C=O) groups excluding carboxylic acids is 1. The summed E-state index contributed by atoms with van der Waals surface area (Å²) in [5.41, 5.74) is 0.714. The van der Waals surface area contributed by atoms with Crippen molar-refractivity contribution in [3.05, 3.63) is 28.3 Å². The van der Waals surface area contributed by atoms with Crippen LogP contribution in [0.1, 0.15) is 25.7 Å². The Labute approximate surface area is 123 Å². The highest BCUT2D eigenvalue weighted by atomic mass is 16.6. The summed E-state index contributed by atoms with van der Waals surface area (Å²) in [5, 5.41) is 13.9. The quantitative estimate of drug-likeness (QED) is 0.326. The van der Waals surface area contributed by atoms with E-state index in [9.17, 15) is 14.9 Å². The summed E-state index contributed by atoms with van der Waals surface area (Å²) in [4.78, 5) is 21.2. The van der Waals surface area contributed by atoms with Crippen LogP contribution in [0.25, 0.3) is 0 Å². The summed E-state index contributed by atoms with van der Waals surface area (Å²) in [7, 11) is 2.78. The molecule has 0 fully saturated rings. The van der Waals surface area contributed by atoms with Gasteiger partial charge in [-0.15, -0.1) is 0 Å². The minimum atomic E-state index is -0.477. The van der Waals surface area contributed by atoms with Gasteiger partial charge in [0, 0.05) is 30.8 Å². The van der Waals surface area contributed by atoms with Crippen LogP contribution >= 0.6 is 0 Å². The van der Waals surface area contributed by atoms with Gasteiger partial charge in [-0.05, 0) is 18.9 Å². The molecule has 7 heteroatoms. The SMILES string of the molecule is COC(=O)CCCCCNc1ccc([N+](=O)[O-])c(OC)c1. The summed E-state index contributed by atoms with van der Waals surface area (Å²) in [6.07, 6.45) is 3.03. The number of hydrogen-bond donors (Lipinski definition) is 1. The average molecular weight is 296 g/mol. The molecule has 0 saturated carbocycles. The number of rotatable bonds is 9. The molecule has 0 unspecified atom stereocenters. The lowest BCUT2D eigenvalue weighted by molar-refractivity contribution is -0.385. The highest BCUT2D eigenvalue weighted by Crippen LogP contribution is 2.29. The van der Waals surface area contributed by atoms with E-state index in [4.69, 9.17) is 4.74 Å². The molecule has 1 aromatic rings. The summed E-state index contributed by atoms with van der Waals surface area (Å²) in [5.74, 6) is 0.0405. The average Bonchev–Trinajstić information content (AvgIpc) is 2.49. The minimum absolute atomic E-state index is 0.0545. The van der Waals surface area contributed by atoms with Crippen LogP contribution in [-0.4, -0.2) is 31.7 Å². The second-order valence-corrected chi connectivity index (χ2v) is 4.46. The van der Waals surface area contributed by atoms with Crippen LogP contribution in [-0.2, 0) is 9.53 Å². The number of carbonyl (C=O) groups is 1. The molecule has 0 radical (unpaired) electrons. The highest BCUT2D eigenvalue weighted by molar-refractivity contribution is 5.68. The summed E-state index contributed by atoms with van der Waals surface area (Å²) in [6, 6.07) is 4.67. The Morgan fingerprint density at radius 3 is 2.67 bits per heavy atom. The molecule has 0 aliphatic rings. The van der Waals surface area contributed by atoms with E-state index in [1.165, 1.54) is 20.3 Å². The van der Waals surface area contributed by atoms with Crippen LogP contribution in [0.5, 0.6) is 5.75 Å². The number of nitro groups is 1. The minimum Gasteiger partial charge on any atom is -0.490 e. The molecule has 0 aromatic heterocycles. The lowest BCUT2D eigenvalue weighted by Crippen LogP contribution is -2.04. The van der Waals surface area contributed by atoms with Crippen LogP contribution in [0.3, 0.4) is 0 Å². The maximum Gasteiger partial charge on any atom is 0.311 e. The van der Waals surface area contributed by atoms with E-state index in [0.717, 1.165) is 31.5 Å². The van der Waals surface area contributed by atoms with Gasteiger partial charge in [-0.2, -0.15) is 0 Å². The number of nitro benzene ring substituents is 1. The number of methoxy groups -OCH3 is 2. The van der Waals surface area contributed by atoms with Gasteiger partial charge in [0.15, 0.2) is 5.75 Å². The van der Waals surface area contributed by atoms with Crippen LogP contribution in [0.2, 0.25) is 0 Å². The number of anilines is 1. The zero-order valence-electron chi connectivity index (χ0n) is 12.3. The van der Waals surface area contributed by atoms with Gasteiger partial charge in [0.1, 0.15) is 0 Å². The van der Waals surface area contributed by atoms with Gasteiger partial charge in [0.2, 0.25) is 0 Å². The molecule has 0 spiro atoms. The van der Waals surface area contributed by atoms with Crippen LogP contribution < -0.4 is 10.1 Å². The molecule has 0 bridgehead atoms. The van der Waals surface area contributed by atoms with Crippen molar-refractivity contribution in [3.8, 4) is 5.75 Å². The number of benzene rings is 1. The third-order valence-electron chi connectivity index (χ3n) is 2.99. The fraction of sp³-hybridized carbons (Fsp3) is 0.500. The lowest BCUT2D eigenvalue weighted by atomic mass is 10.2. The molecule has 0 saturated heterocycles. The molecule has 0 heterocycles. The molecule has 1 N–H and O–H groups in total. The van der Waals surface area contributed by atoms with Gasteiger partial charge < -0.3 is 14.8 Å². The number of nitrogens with one attached hydrogen (secondary N) is 1. The van der Waals surface area contributed by atoms with E-state index in [0.29, 0.717) is 6.42 Å². The van der Waals surface area contributed by atoms with Gasteiger partial charge in [-0.3, -0.25) is 14.9 Å². The van der Waals surface area contributed by atoms with Crippen molar-refractivity contribution in [2.75, 3.05) is 26.1 Å². The Balaban J connectivity index is 2.36. The molecular weight excluding hydrogens is 276 g/mol. The van der Waals surface area contributed by atoms with E-state index in [1.807, 2.05) is 0 Å². The molecule has 0 aliphatic carbocycles. The Morgan fingerprint density at radius 1 is 1.29 bits per heavy atom. The van der Waals surface area contributed by atoms with Crippen molar-refractivity contribution >= 4 is 17.3 Å². The Morgan fingerprint density at radius 2 is 2.05 bits per heavy atom. The summed E-state index contributed by atoms with van der Waals surface area (Å²) < 4.78 is 9.56. The van der Waals surface area contributed by atoms with Crippen LogP contribution in [0, 0.1) is 10.1 Å². The van der Waals surface area contributed by atoms with E-state index in [1.54, 1.807) is 12.1 Å². The summed E-state index contributed by atoms with van der Waals surface area (Å²) in [6.45, 7) is 0.724. The maximum atomic E-state index is 10.9. The number of hydrogen-bond acceptors (Lipinski definition) is 6. The largest absolute Gasteiger partial charge is 0.490 e.